The third-order valence-electron chi connectivity index (χ3n) is 8.77. The van der Waals surface area contributed by atoms with Gasteiger partial charge < -0.3 is 24.8 Å². The van der Waals surface area contributed by atoms with Crippen molar-refractivity contribution >= 4 is 23.5 Å². The Kier molecular flexibility index (Phi) is 7.72. The van der Waals surface area contributed by atoms with E-state index in [1.807, 2.05) is 31.2 Å². The minimum absolute atomic E-state index is 0.00416. The van der Waals surface area contributed by atoms with Crippen molar-refractivity contribution < 1.29 is 24.2 Å². The summed E-state index contributed by atoms with van der Waals surface area (Å²) < 4.78 is 12.0. The predicted molar refractivity (Wildman–Crippen MR) is 144 cm³/mol. The van der Waals surface area contributed by atoms with Crippen LogP contribution in [0.1, 0.15) is 71.1 Å². The van der Waals surface area contributed by atoms with Crippen LogP contribution in [0.25, 0.3) is 0 Å². The molecule has 1 aromatic heterocycles. The van der Waals surface area contributed by atoms with Crippen LogP contribution in [-0.2, 0) is 9.59 Å². The molecular weight excluding hydrogens is 484 g/mol. The summed E-state index contributed by atoms with van der Waals surface area (Å²) >= 11 is 0. The van der Waals surface area contributed by atoms with Crippen LogP contribution in [0.5, 0.6) is 11.5 Å². The molecule has 9 heteroatoms. The van der Waals surface area contributed by atoms with E-state index in [0.29, 0.717) is 25.4 Å². The van der Waals surface area contributed by atoms with Crippen molar-refractivity contribution in [3.63, 3.8) is 0 Å². The maximum atomic E-state index is 12.8. The normalized spacial score (nSPS) is 26.6. The minimum Gasteiger partial charge on any atom is -0.490 e. The molecule has 3 aliphatic carbocycles. The van der Waals surface area contributed by atoms with Crippen LogP contribution in [0.4, 0.5) is 11.6 Å². The summed E-state index contributed by atoms with van der Waals surface area (Å²) in [4.78, 5) is 35.7. The lowest BCUT2D eigenvalue weighted by Crippen LogP contribution is -2.46. The van der Waals surface area contributed by atoms with Gasteiger partial charge in [-0.25, -0.2) is 4.98 Å². The van der Waals surface area contributed by atoms with E-state index in [2.05, 4.69) is 20.2 Å². The summed E-state index contributed by atoms with van der Waals surface area (Å²) in [7, 11) is 0. The third kappa shape index (κ3) is 5.71. The number of nitrogens with zero attached hydrogens (tertiary/aromatic N) is 3. The Labute approximate surface area is 223 Å². The molecule has 2 aromatic rings. The maximum absolute atomic E-state index is 12.8. The molecule has 1 atom stereocenters. The summed E-state index contributed by atoms with van der Waals surface area (Å²) in [6, 6.07) is 7.74. The van der Waals surface area contributed by atoms with E-state index in [0.717, 1.165) is 81.6 Å². The first kappa shape index (κ1) is 26.3. The Morgan fingerprint density at radius 1 is 1.11 bits per heavy atom. The maximum Gasteiger partial charge on any atom is 0.309 e. The van der Waals surface area contributed by atoms with Crippen molar-refractivity contribution in [2.75, 3.05) is 29.9 Å². The highest BCUT2D eigenvalue weighted by molar-refractivity contribution is 5.89. The van der Waals surface area contributed by atoms with Gasteiger partial charge in [-0.15, -0.1) is 0 Å². The van der Waals surface area contributed by atoms with Crippen molar-refractivity contribution in [1.29, 1.82) is 0 Å². The Balaban J connectivity index is 1.15. The second-order valence-electron chi connectivity index (χ2n) is 11.1. The van der Waals surface area contributed by atoms with Gasteiger partial charge in [0.15, 0.2) is 17.3 Å². The number of aliphatic carboxylic acids is 1. The first-order valence-electron chi connectivity index (χ1n) is 13.9. The van der Waals surface area contributed by atoms with Gasteiger partial charge in [-0.3, -0.25) is 14.6 Å². The number of ether oxygens (including phenoxy) is 2. The van der Waals surface area contributed by atoms with E-state index >= 15 is 0 Å². The largest absolute Gasteiger partial charge is 0.490 e. The summed E-state index contributed by atoms with van der Waals surface area (Å²) in [5.41, 5.74) is -0.420. The second-order valence-corrected chi connectivity index (χ2v) is 11.1. The molecule has 6 rings (SSSR count). The third-order valence-corrected chi connectivity index (χ3v) is 8.77. The molecule has 0 spiro atoms. The van der Waals surface area contributed by atoms with Crippen molar-refractivity contribution in [3.8, 4) is 11.5 Å². The van der Waals surface area contributed by atoms with Crippen LogP contribution in [0.2, 0.25) is 0 Å². The Hall–Kier alpha value is -3.36. The summed E-state index contributed by atoms with van der Waals surface area (Å²) in [5.74, 6) is 1.95. The van der Waals surface area contributed by atoms with Gasteiger partial charge in [0.1, 0.15) is 11.9 Å². The molecule has 1 aromatic carbocycles. The van der Waals surface area contributed by atoms with Gasteiger partial charge in [0.2, 0.25) is 5.91 Å². The monoisotopic (exact) mass is 522 g/mol. The van der Waals surface area contributed by atoms with E-state index < -0.39 is 11.4 Å². The highest BCUT2D eigenvalue weighted by atomic mass is 16.5. The number of carboxylic acids is 1. The molecule has 1 saturated heterocycles. The van der Waals surface area contributed by atoms with E-state index in [9.17, 15) is 14.7 Å². The van der Waals surface area contributed by atoms with Crippen LogP contribution in [-0.4, -0.2) is 52.8 Å². The van der Waals surface area contributed by atoms with Gasteiger partial charge in [0.05, 0.1) is 31.0 Å². The molecule has 2 bridgehead atoms. The van der Waals surface area contributed by atoms with Crippen molar-refractivity contribution in [2.45, 2.75) is 77.2 Å². The first-order valence-corrected chi connectivity index (χ1v) is 13.9. The number of benzene rings is 1. The van der Waals surface area contributed by atoms with Crippen LogP contribution < -0.4 is 19.7 Å². The van der Waals surface area contributed by atoms with Gasteiger partial charge >= 0.3 is 5.97 Å². The molecule has 3 saturated carbocycles. The lowest BCUT2D eigenvalue weighted by molar-refractivity contribution is -0.159. The average molecular weight is 523 g/mol. The standard InChI is InChI=1S/C29H38N4O5/c1-2-37-22-7-3-4-8-23(22)38-21-6-5-17-33(20-21)25-19-30-18-24(31-25)32-26(34)9-10-28-11-14-29(15-12-28,16-13-28)27(35)36/h3-4,7-8,18-19,21H,2,5-6,9-17,20H2,1H3,(H,35,36)(H,31,32,34). The minimum atomic E-state index is -0.649. The zero-order valence-corrected chi connectivity index (χ0v) is 22.2. The number of carbonyl (C=O) groups is 2. The molecule has 2 N–H and O–H groups in total. The first-order chi connectivity index (χ1) is 18.4. The highest BCUT2D eigenvalue weighted by Gasteiger charge is 2.52. The zero-order valence-electron chi connectivity index (χ0n) is 22.2. The Morgan fingerprint density at radius 2 is 1.84 bits per heavy atom. The van der Waals surface area contributed by atoms with E-state index in [1.165, 1.54) is 0 Å². The van der Waals surface area contributed by atoms with Crippen LogP contribution in [0.15, 0.2) is 36.7 Å². The number of hydrogen-bond acceptors (Lipinski definition) is 7. The smallest absolute Gasteiger partial charge is 0.309 e. The molecule has 2 heterocycles. The van der Waals surface area contributed by atoms with Gasteiger partial charge in [-0.1, -0.05) is 12.1 Å². The molecule has 204 valence electrons. The number of anilines is 2. The number of hydrogen-bond donors (Lipinski definition) is 2. The fourth-order valence-corrected chi connectivity index (χ4v) is 6.36. The number of carboxylic acid groups (broad SMARTS) is 1. The zero-order chi connectivity index (χ0) is 26.6. The molecule has 9 nitrogen and oxygen atoms in total. The average Bonchev–Trinajstić information content (AvgIpc) is 2.94. The van der Waals surface area contributed by atoms with Gasteiger partial charge in [-0.2, -0.15) is 0 Å². The summed E-state index contributed by atoms with van der Waals surface area (Å²) in [6.07, 6.45) is 11.3. The summed E-state index contributed by atoms with van der Waals surface area (Å²) in [5, 5.41) is 12.5. The predicted octanol–water partition coefficient (Wildman–Crippen LogP) is 5.07. The molecule has 0 radical (unpaired) electrons. The van der Waals surface area contributed by atoms with Gasteiger partial charge in [0, 0.05) is 13.0 Å². The number of carbonyl (C=O) groups excluding carboxylic acids is 1. The molecule has 38 heavy (non-hydrogen) atoms. The molecule has 1 unspecified atom stereocenters. The van der Waals surface area contributed by atoms with Crippen molar-refractivity contribution in [3.05, 3.63) is 36.7 Å². The lowest BCUT2D eigenvalue weighted by Gasteiger charge is -2.51. The quantitative estimate of drug-likeness (QED) is 0.445. The molecular formula is C29H38N4O5. The molecule has 1 amide bonds. The van der Waals surface area contributed by atoms with Crippen LogP contribution >= 0.6 is 0 Å². The number of rotatable bonds is 10. The Morgan fingerprint density at radius 3 is 2.55 bits per heavy atom. The van der Waals surface area contributed by atoms with E-state index in [1.54, 1.807) is 12.4 Å². The second kappa shape index (κ2) is 11.2. The van der Waals surface area contributed by atoms with Crippen LogP contribution in [0.3, 0.4) is 0 Å². The van der Waals surface area contributed by atoms with Crippen molar-refractivity contribution in [1.82, 2.24) is 9.97 Å². The number of aromatic nitrogens is 2. The lowest BCUT2D eigenvalue weighted by atomic mass is 9.52. The number of fused-ring (bicyclic) bond motifs is 3. The van der Waals surface area contributed by atoms with Gasteiger partial charge in [-0.05, 0) is 82.3 Å². The fraction of sp³-hybridized carbons (Fsp3) is 0.586. The van der Waals surface area contributed by atoms with Gasteiger partial charge in [0.25, 0.3) is 0 Å². The highest BCUT2D eigenvalue weighted by Crippen LogP contribution is 2.58. The van der Waals surface area contributed by atoms with Crippen LogP contribution in [0, 0.1) is 10.8 Å². The number of amides is 1. The van der Waals surface area contributed by atoms with Crippen molar-refractivity contribution in [2.24, 2.45) is 10.8 Å². The molecule has 1 aliphatic heterocycles. The van der Waals surface area contributed by atoms with E-state index in [-0.39, 0.29) is 17.4 Å². The fourth-order valence-electron chi connectivity index (χ4n) is 6.36. The SMILES string of the molecule is CCOc1ccccc1OC1CCCN(c2cncc(NC(=O)CCC34CCC(C(=O)O)(CC3)CC4)n2)C1. The number of para-hydroxylation sites is 2. The Bertz CT molecular complexity index is 1130. The summed E-state index contributed by atoms with van der Waals surface area (Å²) in [6.45, 7) is 4.06. The molecule has 4 aliphatic rings. The van der Waals surface area contributed by atoms with E-state index in [4.69, 9.17) is 9.47 Å². The topological polar surface area (TPSA) is 114 Å². The number of nitrogens with one attached hydrogen (secondary N) is 1. The number of piperidine rings is 1. The molecule has 4 fully saturated rings.